The summed E-state index contributed by atoms with van der Waals surface area (Å²) in [5.41, 5.74) is 1.29. The van der Waals surface area contributed by atoms with E-state index in [1.54, 1.807) is 14.0 Å². The van der Waals surface area contributed by atoms with Crippen molar-refractivity contribution in [3.8, 4) is 17.2 Å². The van der Waals surface area contributed by atoms with Crippen LogP contribution in [0.15, 0.2) is 28.7 Å². The van der Waals surface area contributed by atoms with Crippen molar-refractivity contribution in [3.63, 3.8) is 0 Å². The first-order valence-electron chi connectivity index (χ1n) is 9.22. The van der Waals surface area contributed by atoms with Gasteiger partial charge in [-0.3, -0.25) is 9.59 Å². The molecule has 0 saturated carbocycles. The van der Waals surface area contributed by atoms with Crippen LogP contribution in [0.2, 0.25) is 0 Å². The van der Waals surface area contributed by atoms with E-state index < -0.39 is 0 Å². The Morgan fingerprint density at radius 1 is 1.22 bits per heavy atom. The number of ether oxygens (including phenoxy) is 1. The molecule has 0 aliphatic carbocycles. The second-order valence-electron chi connectivity index (χ2n) is 6.62. The van der Waals surface area contributed by atoms with Crippen LogP contribution in [-0.2, 0) is 16.0 Å². The van der Waals surface area contributed by atoms with E-state index in [-0.39, 0.29) is 24.8 Å². The van der Waals surface area contributed by atoms with Gasteiger partial charge in [-0.2, -0.15) is 0 Å². The van der Waals surface area contributed by atoms with Crippen molar-refractivity contribution >= 4 is 11.8 Å². The SMILES string of the molecule is COc1ccccc1-c1nc(CC(=O)NCC(=O)N2CCCCC2)c(C)o1. The zero-order valence-corrected chi connectivity index (χ0v) is 15.8. The molecule has 0 atom stereocenters. The maximum atomic E-state index is 12.2. The molecular weight excluding hydrogens is 346 g/mol. The second kappa shape index (κ2) is 8.70. The number of nitrogens with zero attached hydrogens (tertiary/aromatic N) is 2. The van der Waals surface area contributed by atoms with E-state index in [2.05, 4.69) is 10.3 Å². The predicted molar refractivity (Wildman–Crippen MR) is 100 cm³/mol. The molecule has 1 fully saturated rings. The molecule has 0 radical (unpaired) electrons. The van der Waals surface area contributed by atoms with Crippen LogP contribution in [0.25, 0.3) is 11.5 Å². The number of nitrogens with one attached hydrogen (secondary N) is 1. The standard InChI is InChI=1S/C20H25N3O4/c1-14-16(22-20(27-14)15-8-4-5-9-17(15)26-2)12-18(24)21-13-19(25)23-10-6-3-7-11-23/h4-5,8-9H,3,6-7,10-13H2,1-2H3,(H,21,24). The lowest BCUT2D eigenvalue weighted by atomic mass is 10.1. The summed E-state index contributed by atoms with van der Waals surface area (Å²) in [4.78, 5) is 30.6. The highest BCUT2D eigenvalue weighted by atomic mass is 16.5. The molecule has 3 rings (SSSR count). The fourth-order valence-corrected chi connectivity index (χ4v) is 3.17. The number of para-hydroxylation sites is 1. The first-order chi connectivity index (χ1) is 13.1. The van der Waals surface area contributed by atoms with Crippen LogP contribution in [0.3, 0.4) is 0 Å². The van der Waals surface area contributed by atoms with Crippen molar-refractivity contribution in [1.82, 2.24) is 15.2 Å². The molecule has 144 valence electrons. The lowest BCUT2D eigenvalue weighted by Crippen LogP contribution is -2.42. The van der Waals surface area contributed by atoms with Gasteiger partial charge < -0.3 is 19.4 Å². The molecule has 1 aromatic carbocycles. The molecule has 2 aromatic rings. The number of carbonyl (C=O) groups is 2. The molecule has 1 aromatic heterocycles. The zero-order valence-electron chi connectivity index (χ0n) is 15.8. The van der Waals surface area contributed by atoms with Gasteiger partial charge in [-0.1, -0.05) is 12.1 Å². The van der Waals surface area contributed by atoms with Crippen molar-refractivity contribution in [3.05, 3.63) is 35.7 Å². The highest BCUT2D eigenvalue weighted by molar-refractivity contribution is 5.85. The number of carbonyl (C=O) groups excluding carboxylic acids is 2. The largest absolute Gasteiger partial charge is 0.496 e. The Bertz CT molecular complexity index is 809. The number of aryl methyl sites for hydroxylation is 1. The number of oxazole rings is 1. The van der Waals surface area contributed by atoms with Crippen LogP contribution in [0.1, 0.15) is 30.7 Å². The van der Waals surface area contributed by atoms with Gasteiger partial charge >= 0.3 is 0 Å². The maximum Gasteiger partial charge on any atom is 0.241 e. The Kier molecular flexibility index (Phi) is 6.11. The second-order valence-corrected chi connectivity index (χ2v) is 6.62. The van der Waals surface area contributed by atoms with Gasteiger partial charge in [-0.15, -0.1) is 0 Å². The molecular formula is C20H25N3O4. The summed E-state index contributed by atoms with van der Waals surface area (Å²) < 4.78 is 11.0. The van der Waals surface area contributed by atoms with Gasteiger partial charge in [0.2, 0.25) is 17.7 Å². The molecule has 7 nitrogen and oxygen atoms in total. The Morgan fingerprint density at radius 3 is 2.70 bits per heavy atom. The maximum absolute atomic E-state index is 12.2. The Balaban J connectivity index is 1.60. The third kappa shape index (κ3) is 4.67. The minimum absolute atomic E-state index is 0.0229. The number of hydrogen-bond acceptors (Lipinski definition) is 5. The van der Waals surface area contributed by atoms with Crippen LogP contribution in [-0.4, -0.2) is 48.4 Å². The highest BCUT2D eigenvalue weighted by Gasteiger charge is 2.19. The van der Waals surface area contributed by atoms with Gasteiger partial charge in [0.25, 0.3) is 0 Å². The molecule has 27 heavy (non-hydrogen) atoms. The summed E-state index contributed by atoms with van der Waals surface area (Å²) >= 11 is 0. The van der Waals surface area contributed by atoms with Gasteiger partial charge in [0.1, 0.15) is 11.5 Å². The number of rotatable bonds is 6. The minimum atomic E-state index is -0.247. The fourth-order valence-electron chi connectivity index (χ4n) is 3.17. The van der Waals surface area contributed by atoms with Gasteiger partial charge in [-0.05, 0) is 38.3 Å². The first kappa shape index (κ1) is 18.9. The first-order valence-corrected chi connectivity index (χ1v) is 9.22. The van der Waals surface area contributed by atoms with E-state index in [9.17, 15) is 9.59 Å². The van der Waals surface area contributed by atoms with Crippen molar-refractivity contribution in [2.45, 2.75) is 32.6 Å². The smallest absolute Gasteiger partial charge is 0.241 e. The molecule has 0 unspecified atom stereocenters. The van der Waals surface area contributed by atoms with Crippen LogP contribution in [0, 0.1) is 6.92 Å². The Labute approximate surface area is 158 Å². The molecule has 1 aliphatic heterocycles. The summed E-state index contributed by atoms with van der Waals surface area (Å²) in [6.45, 7) is 3.35. The Morgan fingerprint density at radius 2 is 1.96 bits per heavy atom. The van der Waals surface area contributed by atoms with Crippen molar-refractivity contribution < 1.29 is 18.7 Å². The van der Waals surface area contributed by atoms with E-state index in [4.69, 9.17) is 9.15 Å². The number of hydrogen-bond donors (Lipinski definition) is 1. The van der Waals surface area contributed by atoms with E-state index in [0.717, 1.165) is 37.9 Å². The number of amides is 2. The predicted octanol–water partition coefficient (Wildman–Crippen LogP) is 2.33. The molecule has 0 bridgehead atoms. The van der Waals surface area contributed by atoms with Crippen LogP contribution in [0.5, 0.6) is 5.75 Å². The van der Waals surface area contributed by atoms with Gasteiger partial charge in [-0.25, -0.2) is 4.98 Å². The van der Waals surface area contributed by atoms with Crippen LogP contribution in [0.4, 0.5) is 0 Å². The third-order valence-electron chi connectivity index (χ3n) is 4.70. The number of aromatic nitrogens is 1. The lowest BCUT2D eigenvalue weighted by Gasteiger charge is -2.26. The normalized spacial score (nSPS) is 14.1. The molecule has 0 spiro atoms. The average molecular weight is 371 g/mol. The summed E-state index contributed by atoms with van der Waals surface area (Å²) in [5, 5.41) is 2.69. The van der Waals surface area contributed by atoms with Crippen molar-refractivity contribution in [1.29, 1.82) is 0 Å². The van der Waals surface area contributed by atoms with E-state index in [1.165, 1.54) is 0 Å². The molecule has 1 N–H and O–H groups in total. The zero-order chi connectivity index (χ0) is 19.2. The van der Waals surface area contributed by atoms with Gasteiger partial charge in [0.15, 0.2) is 0 Å². The van der Waals surface area contributed by atoms with Crippen molar-refractivity contribution in [2.75, 3.05) is 26.7 Å². The van der Waals surface area contributed by atoms with E-state index in [1.807, 2.05) is 29.2 Å². The van der Waals surface area contributed by atoms with Gasteiger partial charge in [0.05, 0.1) is 31.3 Å². The average Bonchev–Trinajstić information content (AvgIpc) is 3.06. The molecule has 2 amide bonds. The molecule has 7 heteroatoms. The fraction of sp³-hybridized carbons (Fsp3) is 0.450. The Hall–Kier alpha value is -2.83. The van der Waals surface area contributed by atoms with E-state index in [0.29, 0.717) is 23.1 Å². The summed E-state index contributed by atoms with van der Waals surface area (Å²) in [5.74, 6) is 1.37. The monoisotopic (exact) mass is 371 g/mol. The van der Waals surface area contributed by atoms with E-state index >= 15 is 0 Å². The summed E-state index contributed by atoms with van der Waals surface area (Å²) in [6.07, 6.45) is 3.29. The quantitative estimate of drug-likeness (QED) is 0.842. The molecule has 1 saturated heterocycles. The van der Waals surface area contributed by atoms with Gasteiger partial charge in [0, 0.05) is 13.1 Å². The molecule has 2 heterocycles. The summed E-state index contributed by atoms with van der Waals surface area (Å²) in [7, 11) is 1.59. The van der Waals surface area contributed by atoms with Crippen molar-refractivity contribution in [2.24, 2.45) is 0 Å². The topological polar surface area (TPSA) is 84.7 Å². The lowest BCUT2D eigenvalue weighted by molar-refractivity contribution is -0.133. The number of methoxy groups -OCH3 is 1. The number of likely N-dealkylation sites (tertiary alicyclic amines) is 1. The third-order valence-corrected chi connectivity index (χ3v) is 4.70. The highest BCUT2D eigenvalue weighted by Crippen LogP contribution is 2.30. The van der Waals surface area contributed by atoms with Crippen LogP contribution >= 0.6 is 0 Å². The number of piperidine rings is 1. The minimum Gasteiger partial charge on any atom is -0.496 e. The summed E-state index contributed by atoms with van der Waals surface area (Å²) in [6, 6.07) is 7.42. The molecule has 1 aliphatic rings. The number of benzene rings is 1. The van der Waals surface area contributed by atoms with Crippen LogP contribution < -0.4 is 10.1 Å².